The fraction of sp³-hybridized carbons (Fsp3) is 0.250. The number of hydrogen-bond donors (Lipinski definition) is 0. The van der Waals surface area contributed by atoms with Gasteiger partial charge in [-0.1, -0.05) is 30.3 Å². The maximum absolute atomic E-state index is 11.8. The van der Waals surface area contributed by atoms with Crippen LogP contribution in [-0.4, -0.2) is 12.4 Å². The lowest BCUT2D eigenvalue weighted by Gasteiger charge is -2.07. The minimum atomic E-state index is 0.0745. The molecule has 0 radical (unpaired) electrons. The second kappa shape index (κ2) is 7.63. The van der Waals surface area contributed by atoms with E-state index in [0.717, 1.165) is 25.0 Å². The average molecular weight is 308 g/mol. The first kappa shape index (κ1) is 15.3. The van der Waals surface area contributed by atoms with Crippen molar-refractivity contribution in [1.82, 2.24) is 0 Å². The number of furan rings is 1. The summed E-state index contributed by atoms with van der Waals surface area (Å²) < 4.78 is 10.9. The van der Waals surface area contributed by atoms with Crippen molar-refractivity contribution in [1.29, 1.82) is 0 Å². The molecular weight excluding hydrogens is 288 g/mol. The number of hydrogen-bond acceptors (Lipinski definition) is 3. The summed E-state index contributed by atoms with van der Waals surface area (Å²) in [4.78, 5) is 11.8. The molecule has 0 aliphatic rings. The number of unbranched alkanes of at least 4 members (excludes halogenated alkanes) is 2. The van der Waals surface area contributed by atoms with Crippen LogP contribution in [0.5, 0.6) is 5.75 Å². The van der Waals surface area contributed by atoms with Gasteiger partial charge in [-0.05, 0) is 54.3 Å². The predicted octanol–water partition coefficient (Wildman–Crippen LogP) is 5.25. The second-order valence-electron chi connectivity index (χ2n) is 5.57. The Labute approximate surface area is 135 Å². The van der Waals surface area contributed by atoms with Crippen LogP contribution in [0.15, 0.2) is 65.3 Å². The molecule has 0 aliphatic carbocycles. The monoisotopic (exact) mass is 308 g/mol. The molecule has 0 bridgehead atoms. The van der Waals surface area contributed by atoms with Gasteiger partial charge < -0.3 is 9.15 Å². The van der Waals surface area contributed by atoms with Crippen molar-refractivity contribution in [2.24, 2.45) is 0 Å². The van der Waals surface area contributed by atoms with Gasteiger partial charge in [-0.3, -0.25) is 4.79 Å². The first-order valence-corrected chi connectivity index (χ1v) is 8.01. The van der Waals surface area contributed by atoms with Gasteiger partial charge in [0, 0.05) is 6.42 Å². The molecule has 0 atom stereocenters. The third-order valence-corrected chi connectivity index (χ3v) is 3.83. The lowest BCUT2D eigenvalue weighted by Crippen LogP contribution is -2.00. The molecule has 3 nitrogen and oxygen atoms in total. The van der Waals surface area contributed by atoms with Gasteiger partial charge >= 0.3 is 0 Å². The highest BCUT2D eigenvalue weighted by Crippen LogP contribution is 2.20. The molecule has 2 aromatic carbocycles. The van der Waals surface area contributed by atoms with Crippen molar-refractivity contribution in [3.63, 3.8) is 0 Å². The molecule has 0 unspecified atom stereocenters. The number of carbonyl (C=O) groups excluding carboxylic acids is 1. The van der Waals surface area contributed by atoms with Crippen molar-refractivity contribution in [2.75, 3.05) is 6.61 Å². The second-order valence-corrected chi connectivity index (χ2v) is 5.57. The molecular formula is C20H20O3. The molecule has 0 fully saturated rings. The molecule has 3 aromatic rings. The van der Waals surface area contributed by atoms with Crippen molar-refractivity contribution in [3.8, 4) is 5.75 Å². The Morgan fingerprint density at radius 3 is 2.61 bits per heavy atom. The molecule has 1 heterocycles. The Kier molecular flexibility index (Phi) is 5.09. The Balaban J connectivity index is 1.37. The summed E-state index contributed by atoms with van der Waals surface area (Å²) in [7, 11) is 0. The molecule has 1 aromatic heterocycles. The summed E-state index contributed by atoms with van der Waals surface area (Å²) in [5, 5.41) is 2.41. The molecule has 0 spiro atoms. The molecule has 0 saturated carbocycles. The number of benzene rings is 2. The normalized spacial score (nSPS) is 10.8. The first-order chi connectivity index (χ1) is 11.3. The highest BCUT2D eigenvalue weighted by atomic mass is 16.5. The third kappa shape index (κ3) is 4.22. The van der Waals surface area contributed by atoms with E-state index in [1.807, 2.05) is 18.2 Å². The van der Waals surface area contributed by atoms with E-state index in [1.165, 1.54) is 17.0 Å². The molecule has 3 rings (SSSR count). The number of Topliss-reactive ketones (excluding diaryl/α,β-unsaturated/α-hetero) is 1. The largest absolute Gasteiger partial charge is 0.494 e. The summed E-state index contributed by atoms with van der Waals surface area (Å²) >= 11 is 0. The first-order valence-electron chi connectivity index (χ1n) is 8.01. The fourth-order valence-electron chi connectivity index (χ4n) is 2.57. The van der Waals surface area contributed by atoms with Crippen molar-refractivity contribution in [3.05, 3.63) is 66.6 Å². The number of rotatable bonds is 8. The van der Waals surface area contributed by atoms with Crippen LogP contribution >= 0.6 is 0 Å². The van der Waals surface area contributed by atoms with Gasteiger partial charge in [0.25, 0.3) is 0 Å². The Morgan fingerprint density at radius 2 is 1.78 bits per heavy atom. The number of ketones is 1. The lowest BCUT2D eigenvalue weighted by molar-refractivity contribution is 0.0951. The van der Waals surface area contributed by atoms with Crippen LogP contribution in [0.25, 0.3) is 10.8 Å². The van der Waals surface area contributed by atoms with Crippen LogP contribution in [0.3, 0.4) is 0 Å². The van der Waals surface area contributed by atoms with E-state index in [1.54, 1.807) is 12.1 Å². The molecule has 0 amide bonds. The standard InChI is InChI=1S/C20H20O3/c21-19(20-10-6-14-23-20)9-2-1-5-13-22-18-12-11-16-7-3-4-8-17(16)15-18/h3-4,6-8,10-12,14-15H,1-2,5,9,13H2. The van der Waals surface area contributed by atoms with E-state index in [2.05, 4.69) is 24.3 Å². The van der Waals surface area contributed by atoms with Gasteiger partial charge in [-0.25, -0.2) is 0 Å². The Hall–Kier alpha value is -2.55. The Morgan fingerprint density at radius 1 is 0.913 bits per heavy atom. The van der Waals surface area contributed by atoms with Crippen LogP contribution in [0, 0.1) is 0 Å². The fourth-order valence-corrected chi connectivity index (χ4v) is 2.57. The SMILES string of the molecule is O=C(CCCCCOc1ccc2ccccc2c1)c1ccco1. The number of carbonyl (C=O) groups is 1. The van der Waals surface area contributed by atoms with Crippen LogP contribution < -0.4 is 4.74 Å². The molecule has 23 heavy (non-hydrogen) atoms. The zero-order chi connectivity index (χ0) is 15.9. The average Bonchev–Trinajstić information content (AvgIpc) is 3.12. The lowest BCUT2D eigenvalue weighted by atomic mass is 10.1. The van der Waals surface area contributed by atoms with Crippen molar-refractivity contribution in [2.45, 2.75) is 25.7 Å². The third-order valence-electron chi connectivity index (χ3n) is 3.83. The number of ether oxygens (including phenoxy) is 1. The summed E-state index contributed by atoms with van der Waals surface area (Å²) in [6.07, 6.45) is 4.84. The van der Waals surface area contributed by atoms with Crippen molar-refractivity contribution < 1.29 is 13.9 Å². The van der Waals surface area contributed by atoms with E-state index in [0.29, 0.717) is 18.8 Å². The number of fused-ring (bicyclic) bond motifs is 1. The molecule has 0 saturated heterocycles. The zero-order valence-electron chi connectivity index (χ0n) is 13.0. The maximum Gasteiger partial charge on any atom is 0.197 e. The minimum absolute atomic E-state index is 0.0745. The van der Waals surface area contributed by atoms with Gasteiger partial charge in [0.2, 0.25) is 0 Å². The van der Waals surface area contributed by atoms with Gasteiger partial charge in [0.15, 0.2) is 11.5 Å². The summed E-state index contributed by atoms with van der Waals surface area (Å²) in [5.74, 6) is 1.43. The van der Waals surface area contributed by atoms with Crippen LogP contribution in [-0.2, 0) is 0 Å². The summed E-state index contributed by atoms with van der Waals surface area (Å²) in [6, 6.07) is 17.8. The van der Waals surface area contributed by atoms with Gasteiger partial charge in [0.05, 0.1) is 12.9 Å². The molecule has 118 valence electrons. The van der Waals surface area contributed by atoms with E-state index in [4.69, 9.17) is 9.15 Å². The zero-order valence-corrected chi connectivity index (χ0v) is 13.0. The quantitative estimate of drug-likeness (QED) is 0.421. The predicted molar refractivity (Wildman–Crippen MR) is 90.9 cm³/mol. The Bertz CT molecular complexity index is 759. The van der Waals surface area contributed by atoms with E-state index < -0.39 is 0 Å². The van der Waals surface area contributed by atoms with Crippen LogP contribution in [0.1, 0.15) is 36.2 Å². The van der Waals surface area contributed by atoms with Crippen LogP contribution in [0.4, 0.5) is 0 Å². The van der Waals surface area contributed by atoms with Crippen LogP contribution in [0.2, 0.25) is 0 Å². The summed E-state index contributed by atoms with van der Waals surface area (Å²) in [5.41, 5.74) is 0. The molecule has 3 heteroatoms. The van der Waals surface area contributed by atoms with E-state index >= 15 is 0 Å². The minimum Gasteiger partial charge on any atom is -0.494 e. The maximum atomic E-state index is 11.8. The smallest absolute Gasteiger partial charge is 0.197 e. The molecule has 0 N–H and O–H groups in total. The highest BCUT2D eigenvalue weighted by molar-refractivity contribution is 5.93. The molecule has 0 aliphatic heterocycles. The topological polar surface area (TPSA) is 39.4 Å². The summed E-state index contributed by atoms with van der Waals surface area (Å²) in [6.45, 7) is 0.674. The highest BCUT2D eigenvalue weighted by Gasteiger charge is 2.07. The van der Waals surface area contributed by atoms with E-state index in [-0.39, 0.29) is 5.78 Å². The van der Waals surface area contributed by atoms with Gasteiger partial charge in [0.1, 0.15) is 5.75 Å². The van der Waals surface area contributed by atoms with Crippen molar-refractivity contribution >= 4 is 16.6 Å². The van der Waals surface area contributed by atoms with Gasteiger partial charge in [-0.2, -0.15) is 0 Å². The van der Waals surface area contributed by atoms with Gasteiger partial charge in [-0.15, -0.1) is 0 Å². The van der Waals surface area contributed by atoms with E-state index in [9.17, 15) is 4.79 Å².